The van der Waals surface area contributed by atoms with Crippen molar-refractivity contribution in [3.8, 4) is 17.3 Å². The van der Waals surface area contributed by atoms with Crippen LogP contribution in [0.1, 0.15) is 104 Å². The number of hydrogen-bond acceptors (Lipinski definition) is 5. The molecule has 0 spiro atoms. The summed E-state index contributed by atoms with van der Waals surface area (Å²) in [6, 6.07) is 36.8. The molecule has 0 bridgehead atoms. The van der Waals surface area contributed by atoms with Crippen molar-refractivity contribution in [3.05, 3.63) is 138 Å². The second-order valence-corrected chi connectivity index (χ2v) is 18.7. The Balaban J connectivity index is 1.19. The molecular formula is C50H55N5O. The zero-order valence-electron chi connectivity index (χ0n) is 34.9. The van der Waals surface area contributed by atoms with Crippen LogP contribution in [0, 0.1) is 0 Å². The number of aromatic nitrogens is 3. The Morgan fingerprint density at radius 1 is 0.589 bits per heavy atom. The minimum atomic E-state index is -0.0748. The van der Waals surface area contributed by atoms with Gasteiger partial charge in [-0.25, -0.2) is 9.97 Å². The molecule has 6 nitrogen and oxygen atoms in total. The number of nitrogens with zero attached hydrogens (tertiary/aromatic N) is 5. The maximum atomic E-state index is 6.72. The molecule has 1 aliphatic rings. The van der Waals surface area contributed by atoms with Gasteiger partial charge in [0.05, 0.1) is 22.4 Å². The molecule has 0 fully saturated rings. The molecule has 3 aromatic heterocycles. The molecular weight excluding hydrogens is 687 g/mol. The lowest BCUT2D eigenvalue weighted by molar-refractivity contribution is 0.483. The Bertz CT molecular complexity index is 2560. The Labute approximate surface area is 332 Å². The minimum absolute atomic E-state index is 0.000828. The van der Waals surface area contributed by atoms with Gasteiger partial charge in [-0.1, -0.05) is 113 Å². The van der Waals surface area contributed by atoms with Gasteiger partial charge in [0.25, 0.3) is 0 Å². The third kappa shape index (κ3) is 6.69. The SMILES string of the molecule is CC(C)c1cc(C(C)(C)C)c(N2CN(c3cccc(Oc4ccc5c6ccccc6n(-c6cc(C(C)(C)C)ccn6)c5c4)c3)c3cccnc32)c(C(C)(C)C)c1. The molecule has 0 radical (unpaired) electrons. The van der Waals surface area contributed by atoms with E-state index in [1.807, 2.05) is 24.5 Å². The summed E-state index contributed by atoms with van der Waals surface area (Å²) in [4.78, 5) is 14.7. The number of anilines is 4. The molecule has 0 unspecified atom stereocenters. The van der Waals surface area contributed by atoms with E-state index in [0.29, 0.717) is 12.6 Å². The summed E-state index contributed by atoms with van der Waals surface area (Å²) < 4.78 is 8.99. The third-order valence-corrected chi connectivity index (χ3v) is 11.1. The summed E-state index contributed by atoms with van der Waals surface area (Å²) in [6.45, 7) is 25.9. The van der Waals surface area contributed by atoms with Gasteiger partial charge in [0.2, 0.25) is 0 Å². The van der Waals surface area contributed by atoms with E-state index < -0.39 is 0 Å². The van der Waals surface area contributed by atoms with Crippen LogP contribution in [-0.2, 0) is 16.2 Å². The van der Waals surface area contributed by atoms with Crippen molar-refractivity contribution in [2.24, 2.45) is 0 Å². The minimum Gasteiger partial charge on any atom is -0.457 e. The first-order chi connectivity index (χ1) is 26.5. The number of rotatable bonds is 6. The van der Waals surface area contributed by atoms with E-state index in [-0.39, 0.29) is 16.2 Å². The van der Waals surface area contributed by atoms with Crippen molar-refractivity contribution in [3.63, 3.8) is 0 Å². The monoisotopic (exact) mass is 741 g/mol. The van der Waals surface area contributed by atoms with Crippen LogP contribution >= 0.6 is 0 Å². The lowest BCUT2D eigenvalue weighted by Crippen LogP contribution is -2.30. The van der Waals surface area contributed by atoms with Crippen LogP contribution in [0.5, 0.6) is 11.5 Å². The van der Waals surface area contributed by atoms with Crippen molar-refractivity contribution in [1.29, 1.82) is 0 Å². The first kappa shape index (κ1) is 37.3. The van der Waals surface area contributed by atoms with Gasteiger partial charge in [0.15, 0.2) is 5.82 Å². The van der Waals surface area contributed by atoms with E-state index in [4.69, 9.17) is 14.7 Å². The maximum absolute atomic E-state index is 6.72. The fourth-order valence-electron chi connectivity index (χ4n) is 8.03. The smallest absolute Gasteiger partial charge is 0.158 e. The van der Waals surface area contributed by atoms with Crippen LogP contribution in [0.25, 0.3) is 27.6 Å². The van der Waals surface area contributed by atoms with Crippen LogP contribution in [0.4, 0.5) is 22.9 Å². The maximum Gasteiger partial charge on any atom is 0.158 e. The Morgan fingerprint density at radius 2 is 1.29 bits per heavy atom. The quantitative estimate of drug-likeness (QED) is 0.170. The van der Waals surface area contributed by atoms with Crippen molar-refractivity contribution in [2.75, 3.05) is 16.5 Å². The van der Waals surface area contributed by atoms with Crippen LogP contribution in [0.2, 0.25) is 0 Å². The van der Waals surface area contributed by atoms with Gasteiger partial charge in [0, 0.05) is 41.0 Å². The van der Waals surface area contributed by atoms with E-state index in [9.17, 15) is 0 Å². The summed E-state index contributed by atoms with van der Waals surface area (Å²) in [5.74, 6) is 3.83. The lowest BCUT2D eigenvalue weighted by Gasteiger charge is -2.36. The van der Waals surface area contributed by atoms with Crippen molar-refractivity contribution >= 4 is 44.7 Å². The molecule has 0 saturated carbocycles. The zero-order chi connectivity index (χ0) is 39.7. The molecule has 0 saturated heterocycles. The average molecular weight is 742 g/mol. The predicted octanol–water partition coefficient (Wildman–Crippen LogP) is 13.6. The highest BCUT2D eigenvalue weighted by Crippen LogP contribution is 2.50. The number of fused-ring (bicyclic) bond motifs is 4. The fourth-order valence-corrected chi connectivity index (χ4v) is 8.03. The number of ether oxygens (including phenoxy) is 1. The van der Waals surface area contributed by atoms with Crippen molar-refractivity contribution in [2.45, 2.75) is 98.3 Å². The van der Waals surface area contributed by atoms with Crippen LogP contribution in [-0.4, -0.2) is 21.2 Å². The van der Waals surface area contributed by atoms with Crippen LogP contribution < -0.4 is 14.5 Å². The molecule has 0 N–H and O–H groups in total. The normalized spacial score (nSPS) is 13.6. The van der Waals surface area contributed by atoms with E-state index in [0.717, 1.165) is 50.9 Å². The Morgan fingerprint density at radius 3 is 1.98 bits per heavy atom. The van der Waals surface area contributed by atoms with Crippen LogP contribution in [0.15, 0.2) is 116 Å². The van der Waals surface area contributed by atoms with Gasteiger partial charge < -0.3 is 14.5 Å². The van der Waals surface area contributed by atoms with E-state index >= 15 is 0 Å². The van der Waals surface area contributed by atoms with E-state index in [2.05, 4.69) is 182 Å². The van der Waals surface area contributed by atoms with Gasteiger partial charge in [-0.3, -0.25) is 4.57 Å². The molecule has 0 amide bonds. The van der Waals surface area contributed by atoms with Crippen molar-refractivity contribution < 1.29 is 4.74 Å². The van der Waals surface area contributed by atoms with Crippen molar-refractivity contribution in [1.82, 2.24) is 14.5 Å². The van der Waals surface area contributed by atoms with Gasteiger partial charge in [-0.05, 0) is 99.0 Å². The van der Waals surface area contributed by atoms with Gasteiger partial charge in [-0.15, -0.1) is 0 Å². The first-order valence-corrected chi connectivity index (χ1v) is 20.0. The largest absolute Gasteiger partial charge is 0.457 e. The average Bonchev–Trinajstić information content (AvgIpc) is 3.69. The Hall–Kier alpha value is -5.62. The number of para-hydroxylation sites is 1. The van der Waals surface area contributed by atoms with Gasteiger partial charge in [0.1, 0.15) is 24.0 Å². The van der Waals surface area contributed by atoms with Crippen LogP contribution in [0.3, 0.4) is 0 Å². The highest BCUT2D eigenvalue weighted by atomic mass is 16.5. The molecule has 8 rings (SSSR count). The zero-order valence-corrected chi connectivity index (χ0v) is 34.9. The predicted molar refractivity (Wildman–Crippen MR) is 235 cm³/mol. The summed E-state index contributed by atoms with van der Waals surface area (Å²) in [7, 11) is 0. The molecule has 0 atom stereocenters. The topological polar surface area (TPSA) is 46.4 Å². The highest BCUT2D eigenvalue weighted by Gasteiger charge is 2.36. The number of hydrogen-bond donors (Lipinski definition) is 0. The van der Waals surface area contributed by atoms with Gasteiger partial charge >= 0.3 is 0 Å². The molecule has 4 heterocycles. The first-order valence-electron chi connectivity index (χ1n) is 20.0. The second-order valence-electron chi connectivity index (χ2n) is 18.7. The molecule has 286 valence electrons. The lowest BCUT2D eigenvalue weighted by atomic mass is 9.76. The number of benzene rings is 4. The van der Waals surface area contributed by atoms with E-state index in [1.165, 1.54) is 33.3 Å². The molecule has 6 heteroatoms. The summed E-state index contributed by atoms with van der Waals surface area (Å²) in [5, 5.41) is 2.35. The van der Waals surface area contributed by atoms with Gasteiger partial charge in [-0.2, -0.15) is 0 Å². The standard InChI is InChI=1S/C50H55N5O/c1-32(2)33-26-40(49(6,7)8)46(41(27-33)50(9,10)11)54-31-53(43-20-15-24-52-47(43)54)35-16-14-17-36(29-35)56-37-21-22-39-38-18-12-13-19-42(38)55(44(39)30-37)45-28-34(23-25-51-45)48(3,4)5/h12-30,32H,31H2,1-11H3. The molecule has 0 aliphatic carbocycles. The fraction of sp³-hybridized carbons (Fsp3) is 0.320. The summed E-state index contributed by atoms with van der Waals surface area (Å²) in [6.07, 6.45) is 3.83. The van der Waals surface area contributed by atoms with E-state index in [1.54, 1.807) is 0 Å². The third-order valence-electron chi connectivity index (χ3n) is 11.1. The number of pyridine rings is 2. The summed E-state index contributed by atoms with van der Waals surface area (Å²) in [5.41, 5.74) is 10.7. The molecule has 56 heavy (non-hydrogen) atoms. The summed E-state index contributed by atoms with van der Waals surface area (Å²) >= 11 is 0. The second kappa shape index (κ2) is 13.5. The highest BCUT2D eigenvalue weighted by molar-refractivity contribution is 6.09. The molecule has 4 aromatic carbocycles. The molecule has 7 aromatic rings. The Kier molecular flexibility index (Phi) is 9.02. The molecule has 1 aliphatic heterocycles.